The minimum atomic E-state index is -0.145. The average Bonchev–Trinajstić information content (AvgIpc) is 2.57. The highest BCUT2D eigenvalue weighted by Gasteiger charge is 2.08. The van der Waals surface area contributed by atoms with E-state index < -0.39 is 0 Å². The largest absolute Gasteiger partial charge is 0.301 e. The van der Waals surface area contributed by atoms with E-state index in [1.807, 2.05) is 26.3 Å². The topological polar surface area (TPSA) is 63.6 Å². The van der Waals surface area contributed by atoms with Gasteiger partial charge in [-0.25, -0.2) is 4.98 Å². The molecule has 16 heavy (non-hydrogen) atoms. The van der Waals surface area contributed by atoms with Gasteiger partial charge in [0.15, 0.2) is 5.16 Å². The number of aryl methyl sites for hydroxylation is 2. The van der Waals surface area contributed by atoms with E-state index in [1.54, 1.807) is 4.68 Å². The summed E-state index contributed by atoms with van der Waals surface area (Å²) in [4.78, 5) is 18.4. The molecule has 1 N–H and O–H groups in total. The molecule has 84 valence electrons. The Morgan fingerprint density at radius 2 is 2.19 bits per heavy atom. The molecule has 0 spiro atoms. The second-order valence-electron chi connectivity index (χ2n) is 3.43. The van der Waals surface area contributed by atoms with Gasteiger partial charge in [0.25, 0.3) is 5.56 Å². The number of hydrogen-bond acceptors (Lipinski definition) is 4. The molecule has 0 saturated carbocycles. The van der Waals surface area contributed by atoms with Crippen molar-refractivity contribution >= 4 is 11.8 Å². The number of aromatic nitrogens is 4. The summed E-state index contributed by atoms with van der Waals surface area (Å²) in [6.45, 7) is 1.91. The second-order valence-corrected chi connectivity index (χ2v) is 4.23. The van der Waals surface area contributed by atoms with Crippen molar-refractivity contribution in [1.82, 2.24) is 19.7 Å². The van der Waals surface area contributed by atoms with Crippen molar-refractivity contribution in [2.75, 3.05) is 6.26 Å². The Hall–Kier alpha value is -1.56. The standard InChI is InChI=1S/C10H12N4OS/c1-6-4-8(14(2)13-6)7-5-9(15)12-10(11-7)16-3/h4-5H,1-3H3,(H,11,12,15). The van der Waals surface area contributed by atoms with E-state index in [4.69, 9.17) is 0 Å². The summed E-state index contributed by atoms with van der Waals surface area (Å²) >= 11 is 1.41. The molecule has 2 aromatic heterocycles. The van der Waals surface area contributed by atoms with Crippen LogP contribution in [0.5, 0.6) is 0 Å². The van der Waals surface area contributed by atoms with Crippen LogP contribution >= 0.6 is 11.8 Å². The van der Waals surface area contributed by atoms with Gasteiger partial charge < -0.3 is 4.98 Å². The van der Waals surface area contributed by atoms with E-state index in [0.29, 0.717) is 10.9 Å². The number of nitrogens with one attached hydrogen (secondary N) is 1. The SMILES string of the molecule is CSc1nc(-c2cc(C)nn2C)cc(=O)[nH]1. The molecule has 0 aliphatic rings. The highest BCUT2D eigenvalue weighted by molar-refractivity contribution is 7.98. The third-order valence-electron chi connectivity index (χ3n) is 2.18. The zero-order valence-electron chi connectivity index (χ0n) is 9.31. The van der Waals surface area contributed by atoms with Crippen LogP contribution in [0.25, 0.3) is 11.4 Å². The zero-order chi connectivity index (χ0) is 11.7. The van der Waals surface area contributed by atoms with Gasteiger partial charge in [-0.15, -0.1) is 0 Å². The van der Waals surface area contributed by atoms with Gasteiger partial charge in [0.05, 0.1) is 17.1 Å². The minimum absolute atomic E-state index is 0.145. The van der Waals surface area contributed by atoms with Crippen LogP contribution in [0, 0.1) is 6.92 Å². The van der Waals surface area contributed by atoms with Crippen molar-refractivity contribution in [2.24, 2.45) is 7.05 Å². The van der Waals surface area contributed by atoms with Crippen molar-refractivity contribution < 1.29 is 0 Å². The van der Waals surface area contributed by atoms with Crippen LogP contribution in [0.2, 0.25) is 0 Å². The Morgan fingerprint density at radius 3 is 2.75 bits per heavy atom. The van der Waals surface area contributed by atoms with Crippen molar-refractivity contribution in [3.63, 3.8) is 0 Å². The molecule has 0 amide bonds. The normalized spacial score (nSPS) is 10.7. The summed E-state index contributed by atoms with van der Waals surface area (Å²) in [7, 11) is 1.84. The third kappa shape index (κ3) is 2.01. The number of thioether (sulfide) groups is 1. The summed E-state index contributed by atoms with van der Waals surface area (Å²) in [5, 5.41) is 4.84. The lowest BCUT2D eigenvalue weighted by molar-refractivity contribution is 0.758. The number of rotatable bonds is 2. The van der Waals surface area contributed by atoms with Crippen LogP contribution in [-0.4, -0.2) is 26.0 Å². The van der Waals surface area contributed by atoms with E-state index in [1.165, 1.54) is 17.8 Å². The third-order valence-corrected chi connectivity index (χ3v) is 2.76. The Morgan fingerprint density at radius 1 is 1.44 bits per heavy atom. The molecule has 0 unspecified atom stereocenters. The molecular weight excluding hydrogens is 224 g/mol. The van der Waals surface area contributed by atoms with Crippen LogP contribution in [0.3, 0.4) is 0 Å². The van der Waals surface area contributed by atoms with E-state index in [-0.39, 0.29) is 5.56 Å². The molecule has 0 bridgehead atoms. The highest BCUT2D eigenvalue weighted by atomic mass is 32.2. The van der Waals surface area contributed by atoms with Crippen molar-refractivity contribution in [2.45, 2.75) is 12.1 Å². The van der Waals surface area contributed by atoms with E-state index in [9.17, 15) is 4.79 Å². The Labute approximate surface area is 96.9 Å². The first-order valence-corrected chi connectivity index (χ1v) is 5.99. The Bertz CT molecular complexity index is 572. The lowest BCUT2D eigenvalue weighted by Gasteiger charge is -2.02. The molecule has 2 rings (SSSR count). The number of hydrogen-bond donors (Lipinski definition) is 1. The molecule has 6 heteroatoms. The fraction of sp³-hybridized carbons (Fsp3) is 0.300. The minimum Gasteiger partial charge on any atom is -0.301 e. The molecule has 0 aromatic carbocycles. The number of aromatic amines is 1. The van der Waals surface area contributed by atoms with Crippen molar-refractivity contribution in [3.8, 4) is 11.4 Å². The van der Waals surface area contributed by atoms with Gasteiger partial charge in [0.2, 0.25) is 0 Å². The first kappa shape index (κ1) is 10.9. The maximum atomic E-state index is 11.4. The van der Waals surface area contributed by atoms with Gasteiger partial charge in [-0.2, -0.15) is 5.10 Å². The molecule has 0 radical (unpaired) electrons. The van der Waals surface area contributed by atoms with E-state index in [2.05, 4.69) is 15.1 Å². The summed E-state index contributed by atoms with van der Waals surface area (Å²) in [5.74, 6) is 0. The van der Waals surface area contributed by atoms with Crippen LogP contribution < -0.4 is 5.56 Å². The number of H-pyrrole nitrogens is 1. The molecular formula is C10H12N4OS. The van der Waals surface area contributed by atoms with Crippen LogP contribution in [0.15, 0.2) is 22.1 Å². The van der Waals surface area contributed by atoms with Gasteiger partial charge in [0.1, 0.15) is 0 Å². The van der Waals surface area contributed by atoms with Gasteiger partial charge in [-0.3, -0.25) is 9.48 Å². The fourth-order valence-corrected chi connectivity index (χ4v) is 1.91. The van der Waals surface area contributed by atoms with Crippen LogP contribution in [-0.2, 0) is 7.05 Å². The van der Waals surface area contributed by atoms with Crippen LogP contribution in [0.1, 0.15) is 5.69 Å². The maximum Gasteiger partial charge on any atom is 0.252 e. The lowest BCUT2D eigenvalue weighted by atomic mass is 10.3. The highest BCUT2D eigenvalue weighted by Crippen LogP contribution is 2.17. The molecule has 2 heterocycles. The lowest BCUT2D eigenvalue weighted by Crippen LogP contribution is -2.09. The molecule has 0 aliphatic carbocycles. The smallest absolute Gasteiger partial charge is 0.252 e. The first-order chi connectivity index (χ1) is 7.60. The molecule has 0 fully saturated rings. The quantitative estimate of drug-likeness (QED) is 0.628. The molecule has 5 nitrogen and oxygen atoms in total. The predicted octanol–water partition coefficient (Wildman–Crippen LogP) is 1.20. The summed E-state index contributed by atoms with van der Waals surface area (Å²) < 4.78 is 1.72. The molecule has 2 aromatic rings. The van der Waals surface area contributed by atoms with Crippen LogP contribution in [0.4, 0.5) is 0 Å². The second kappa shape index (κ2) is 4.13. The Balaban J connectivity index is 2.59. The monoisotopic (exact) mass is 236 g/mol. The van der Waals surface area contributed by atoms with E-state index >= 15 is 0 Å². The van der Waals surface area contributed by atoms with Gasteiger partial charge in [-0.05, 0) is 19.2 Å². The molecule has 0 saturated heterocycles. The predicted molar refractivity (Wildman–Crippen MR) is 63.6 cm³/mol. The summed E-state index contributed by atoms with van der Waals surface area (Å²) in [5.41, 5.74) is 2.26. The van der Waals surface area contributed by atoms with Crippen molar-refractivity contribution in [3.05, 3.63) is 28.2 Å². The number of nitrogens with zero attached hydrogens (tertiary/aromatic N) is 3. The first-order valence-electron chi connectivity index (χ1n) is 4.76. The molecule has 0 aliphatic heterocycles. The van der Waals surface area contributed by atoms with E-state index in [0.717, 1.165) is 11.4 Å². The van der Waals surface area contributed by atoms with Gasteiger partial charge >= 0.3 is 0 Å². The summed E-state index contributed by atoms with van der Waals surface area (Å²) in [6, 6.07) is 3.39. The Kier molecular flexibility index (Phi) is 2.82. The van der Waals surface area contributed by atoms with Crippen molar-refractivity contribution in [1.29, 1.82) is 0 Å². The van der Waals surface area contributed by atoms with Gasteiger partial charge in [0, 0.05) is 13.1 Å². The zero-order valence-corrected chi connectivity index (χ0v) is 10.1. The molecule has 0 atom stereocenters. The van der Waals surface area contributed by atoms with Gasteiger partial charge in [-0.1, -0.05) is 11.8 Å². The fourth-order valence-electron chi connectivity index (χ4n) is 1.51. The maximum absolute atomic E-state index is 11.4. The summed E-state index contributed by atoms with van der Waals surface area (Å²) in [6.07, 6.45) is 1.87. The average molecular weight is 236 g/mol.